The van der Waals surface area contributed by atoms with Crippen molar-refractivity contribution in [3.8, 4) is 22.5 Å². The second kappa shape index (κ2) is 14.6. The average Bonchev–Trinajstić information content (AvgIpc) is 3.11. The quantitative estimate of drug-likeness (QED) is 0.351. The molecule has 3 aliphatic rings. The molecule has 1 atom stereocenters. The molecule has 3 fully saturated rings. The largest absolute Gasteiger partial charge is 0.339 e. The number of carbonyl (C=O) groups excluding carboxylic acids is 3. The van der Waals surface area contributed by atoms with Crippen LogP contribution in [0.3, 0.4) is 0 Å². The number of nitrogens with zero attached hydrogens (tertiary/aromatic N) is 5. The van der Waals surface area contributed by atoms with E-state index in [1.807, 2.05) is 87.5 Å². The van der Waals surface area contributed by atoms with Gasteiger partial charge in [0, 0.05) is 75.0 Å². The Morgan fingerprint density at radius 3 is 1.85 bits per heavy atom. The van der Waals surface area contributed by atoms with Crippen molar-refractivity contribution in [2.45, 2.75) is 52.0 Å². The van der Waals surface area contributed by atoms with Gasteiger partial charge in [-0.05, 0) is 50.3 Å². The van der Waals surface area contributed by atoms with Gasteiger partial charge in [-0.25, -0.2) is 4.98 Å². The fraction of sp³-hybridized carbons (Fsp3) is 0.474. The summed E-state index contributed by atoms with van der Waals surface area (Å²) < 4.78 is 0. The first-order valence-corrected chi connectivity index (χ1v) is 17.1. The predicted octanol–water partition coefficient (Wildman–Crippen LogP) is 5.45. The summed E-state index contributed by atoms with van der Waals surface area (Å²) in [4.78, 5) is 53.2. The number of pyridine rings is 1. The minimum atomic E-state index is 0.0101. The number of piperazine rings is 1. The first kappa shape index (κ1) is 31.9. The van der Waals surface area contributed by atoms with Gasteiger partial charge in [0.2, 0.25) is 11.8 Å². The molecule has 3 amide bonds. The van der Waals surface area contributed by atoms with E-state index in [4.69, 9.17) is 4.98 Å². The number of rotatable bonds is 7. The van der Waals surface area contributed by atoms with Crippen molar-refractivity contribution < 1.29 is 14.4 Å². The number of hydrogen-bond acceptors (Lipinski definition) is 5. The van der Waals surface area contributed by atoms with Crippen molar-refractivity contribution in [2.24, 2.45) is 11.8 Å². The van der Waals surface area contributed by atoms with Crippen LogP contribution in [0.15, 0.2) is 72.8 Å². The minimum Gasteiger partial charge on any atom is -0.339 e. The standard InChI is InChI=1S/C38H47N5O3/c1-28(2)24-36(44)40-20-22-42(23-21-40)37(45)31-14-9-17-43(27-31)33-15-18-41(19-16-33)38(46)32-25-34(29-10-5-3-6-11-29)39-35(26-32)30-12-7-4-8-13-30/h3-8,10-13,25-26,28,31,33H,9,14-24,27H2,1-2H3/t31-/m1/s1. The third kappa shape index (κ3) is 7.49. The number of aromatic nitrogens is 1. The van der Waals surface area contributed by atoms with E-state index in [-0.39, 0.29) is 23.6 Å². The summed E-state index contributed by atoms with van der Waals surface area (Å²) >= 11 is 0. The second-order valence-corrected chi connectivity index (χ2v) is 13.5. The molecular formula is C38H47N5O3. The molecule has 2 aromatic carbocycles. The molecule has 4 heterocycles. The maximum Gasteiger partial charge on any atom is 0.254 e. The van der Waals surface area contributed by atoms with Gasteiger partial charge >= 0.3 is 0 Å². The molecular weight excluding hydrogens is 574 g/mol. The number of amides is 3. The molecule has 242 valence electrons. The zero-order valence-corrected chi connectivity index (χ0v) is 27.3. The van der Waals surface area contributed by atoms with Crippen molar-refractivity contribution in [2.75, 3.05) is 52.4 Å². The molecule has 3 aliphatic heterocycles. The number of carbonyl (C=O) groups is 3. The Bertz CT molecular complexity index is 1440. The van der Waals surface area contributed by atoms with Crippen molar-refractivity contribution >= 4 is 17.7 Å². The summed E-state index contributed by atoms with van der Waals surface area (Å²) in [5.41, 5.74) is 4.24. The summed E-state index contributed by atoms with van der Waals surface area (Å²) in [6, 6.07) is 24.3. The lowest BCUT2D eigenvalue weighted by Crippen LogP contribution is -2.55. The molecule has 3 saturated heterocycles. The summed E-state index contributed by atoms with van der Waals surface area (Å²) in [6.45, 7) is 9.87. The van der Waals surface area contributed by atoms with Gasteiger partial charge < -0.3 is 14.7 Å². The molecule has 3 aromatic rings. The number of piperidine rings is 2. The predicted molar refractivity (Wildman–Crippen MR) is 181 cm³/mol. The van der Waals surface area contributed by atoms with Crippen LogP contribution in [0.25, 0.3) is 22.5 Å². The third-order valence-corrected chi connectivity index (χ3v) is 9.81. The second-order valence-electron chi connectivity index (χ2n) is 13.5. The van der Waals surface area contributed by atoms with Crippen LogP contribution in [0.2, 0.25) is 0 Å². The summed E-state index contributed by atoms with van der Waals surface area (Å²) in [5, 5.41) is 0. The number of hydrogen-bond donors (Lipinski definition) is 0. The lowest BCUT2D eigenvalue weighted by atomic mass is 9.92. The lowest BCUT2D eigenvalue weighted by Gasteiger charge is -2.43. The Morgan fingerprint density at radius 1 is 0.717 bits per heavy atom. The Hall–Kier alpha value is -4.04. The van der Waals surface area contributed by atoms with Gasteiger partial charge in [0.05, 0.1) is 17.3 Å². The van der Waals surface area contributed by atoms with Crippen LogP contribution in [0.5, 0.6) is 0 Å². The van der Waals surface area contributed by atoms with E-state index >= 15 is 0 Å². The van der Waals surface area contributed by atoms with Gasteiger partial charge in [-0.15, -0.1) is 0 Å². The van der Waals surface area contributed by atoms with Crippen LogP contribution < -0.4 is 0 Å². The molecule has 0 spiro atoms. The Labute approximate surface area is 273 Å². The van der Waals surface area contributed by atoms with Gasteiger partial charge in [-0.3, -0.25) is 19.3 Å². The summed E-state index contributed by atoms with van der Waals surface area (Å²) in [7, 11) is 0. The molecule has 0 radical (unpaired) electrons. The van der Waals surface area contributed by atoms with Gasteiger partial charge in [0.15, 0.2) is 0 Å². The molecule has 8 heteroatoms. The highest BCUT2D eigenvalue weighted by molar-refractivity contribution is 5.96. The fourth-order valence-electron chi connectivity index (χ4n) is 7.24. The van der Waals surface area contributed by atoms with Crippen LogP contribution in [0, 0.1) is 11.8 Å². The van der Waals surface area contributed by atoms with E-state index < -0.39 is 0 Å². The van der Waals surface area contributed by atoms with E-state index in [2.05, 4.69) is 18.7 Å². The normalized spacial score (nSPS) is 19.8. The summed E-state index contributed by atoms with van der Waals surface area (Å²) in [6.07, 6.45) is 4.33. The summed E-state index contributed by atoms with van der Waals surface area (Å²) in [5.74, 6) is 0.854. The monoisotopic (exact) mass is 621 g/mol. The van der Waals surface area contributed by atoms with Crippen molar-refractivity contribution in [3.05, 3.63) is 78.4 Å². The third-order valence-electron chi connectivity index (χ3n) is 9.81. The van der Waals surface area contributed by atoms with E-state index in [0.29, 0.717) is 63.2 Å². The molecule has 0 aliphatic carbocycles. The van der Waals surface area contributed by atoms with Crippen molar-refractivity contribution in [1.82, 2.24) is 24.6 Å². The fourth-order valence-corrected chi connectivity index (χ4v) is 7.24. The molecule has 0 bridgehead atoms. The molecule has 46 heavy (non-hydrogen) atoms. The number of benzene rings is 2. The smallest absolute Gasteiger partial charge is 0.254 e. The Kier molecular flexibility index (Phi) is 10.1. The highest BCUT2D eigenvalue weighted by Gasteiger charge is 2.35. The SMILES string of the molecule is CC(C)CC(=O)N1CCN(C(=O)[C@@H]2CCCN(C3CCN(C(=O)c4cc(-c5ccccc5)nc(-c5ccccc5)c4)CC3)C2)CC1. The van der Waals surface area contributed by atoms with Crippen LogP contribution in [-0.4, -0.2) is 101 Å². The van der Waals surface area contributed by atoms with Gasteiger partial charge in [-0.1, -0.05) is 74.5 Å². The van der Waals surface area contributed by atoms with Gasteiger partial charge in [-0.2, -0.15) is 0 Å². The van der Waals surface area contributed by atoms with Gasteiger partial charge in [0.1, 0.15) is 0 Å². The molecule has 0 unspecified atom stereocenters. The zero-order valence-electron chi connectivity index (χ0n) is 27.3. The van der Waals surface area contributed by atoms with Crippen molar-refractivity contribution in [3.63, 3.8) is 0 Å². The van der Waals surface area contributed by atoms with Crippen LogP contribution in [0.1, 0.15) is 56.3 Å². The highest BCUT2D eigenvalue weighted by atomic mass is 16.2. The van der Waals surface area contributed by atoms with Crippen LogP contribution in [0.4, 0.5) is 0 Å². The zero-order chi connectivity index (χ0) is 32.0. The average molecular weight is 622 g/mol. The van der Waals surface area contributed by atoms with E-state index in [1.54, 1.807) is 0 Å². The van der Waals surface area contributed by atoms with Crippen LogP contribution >= 0.6 is 0 Å². The first-order valence-electron chi connectivity index (χ1n) is 17.1. The van der Waals surface area contributed by atoms with Crippen molar-refractivity contribution in [1.29, 1.82) is 0 Å². The highest BCUT2D eigenvalue weighted by Crippen LogP contribution is 2.29. The molecule has 0 N–H and O–H groups in total. The van der Waals surface area contributed by atoms with E-state index in [1.165, 1.54) is 0 Å². The molecule has 0 saturated carbocycles. The van der Waals surface area contributed by atoms with E-state index in [9.17, 15) is 14.4 Å². The lowest BCUT2D eigenvalue weighted by molar-refractivity contribution is -0.144. The molecule has 1 aromatic heterocycles. The maximum absolute atomic E-state index is 13.9. The molecule has 8 nitrogen and oxygen atoms in total. The van der Waals surface area contributed by atoms with E-state index in [0.717, 1.165) is 61.3 Å². The topological polar surface area (TPSA) is 77.1 Å². The van der Waals surface area contributed by atoms with Gasteiger partial charge in [0.25, 0.3) is 5.91 Å². The Balaban J connectivity index is 1.06. The molecule has 6 rings (SSSR count). The maximum atomic E-state index is 13.9. The number of likely N-dealkylation sites (tertiary alicyclic amines) is 2. The van der Waals surface area contributed by atoms with Crippen LogP contribution in [-0.2, 0) is 9.59 Å². The minimum absolute atomic E-state index is 0.0101. The first-order chi connectivity index (χ1) is 22.4. The Morgan fingerprint density at radius 2 is 1.28 bits per heavy atom.